The highest BCUT2D eigenvalue weighted by molar-refractivity contribution is 7.80. The molecule has 0 unspecified atom stereocenters. The third-order valence-electron chi connectivity index (χ3n) is 5.02. The molecular formula is C21H23F3N2O2S. The number of nitrogens with zero attached hydrogens (tertiary/aromatic N) is 1. The zero-order chi connectivity index (χ0) is 21.1. The van der Waals surface area contributed by atoms with E-state index in [0.717, 1.165) is 23.6 Å². The number of thiocarbonyl (C=S) groups is 1. The molecule has 0 radical (unpaired) electrons. The van der Waals surface area contributed by atoms with Crippen LogP contribution in [0.1, 0.15) is 30.9 Å². The average Bonchev–Trinajstić information content (AvgIpc) is 2.70. The lowest BCUT2D eigenvalue weighted by molar-refractivity contribution is -0.137. The summed E-state index contributed by atoms with van der Waals surface area (Å²) in [6.45, 7) is 3.39. The maximum Gasteiger partial charge on any atom is 0.416 e. The lowest BCUT2D eigenvalue weighted by Gasteiger charge is -2.39. The fourth-order valence-corrected chi connectivity index (χ4v) is 3.66. The second-order valence-corrected chi connectivity index (χ2v) is 7.37. The van der Waals surface area contributed by atoms with Crippen molar-refractivity contribution in [1.29, 1.82) is 0 Å². The van der Waals surface area contributed by atoms with Crippen LogP contribution in [0, 0.1) is 0 Å². The van der Waals surface area contributed by atoms with Gasteiger partial charge in [0.25, 0.3) is 0 Å². The average molecular weight is 424 g/mol. The Bertz CT molecular complexity index is 848. The van der Waals surface area contributed by atoms with Crippen molar-refractivity contribution < 1.29 is 23.0 Å². The number of halogens is 3. The van der Waals surface area contributed by atoms with E-state index in [4.69, 9.17) is 17.0 Å². The second-order valence-electron chi connectivity index (χ2n) is 6.98. The number of aliphatic hydroxyl groups is 1. The first-order valence-electron chi connectivity index (χ1n) is 9.40. The summed E-state index contributed by atoms with van der Waals surface area (Å²) in [4.78, 5) is 1.91. The van der Waals surface area contributed by atoms with Gasteiger partial charge in [0.1, 0.15) is 5.75 Å². The van der Waals surface area contributed by atoms with Crippen molar-refractivity contribution in [3.63, 3.8) is 0 Å². The lowest BCUT2D eigenvalue weighted by atomic mass is 9.84. The van der Waals surface area contributed by atoms with Crippen molar-refractivity contribution in [3.8, 4) is 5.75 Å². The number of piperidine rings is 1. The standard InChI is InChI=1S/C21H23F3N2O2S/c1-2-28-18-8-6-17(7-9-18)25-19(29)26-12-10-20(27,11-13-26)15-4-3-5-16(14-15)21(22,23)24/h3-9,14,27H,2,10-13H2,1H3,(H,25,29). The van der Waals surface area contributed by atoms with Gasteiger partial charge in [-0.3, -0.25) is 0 Å². The van der Waals surface area contributed by atoms with Gasteiger partial charge in [-0.05, 0) is 73.9 Å². The van der Waals surface area contributed by atoms with Crippen LogP contribution in [0.4, 0.5) is 18.9 Å². The molecule has 1 saturated heterocycles. The number of ether oxygens (including phenoxy) is 1. The highest BCUT2D eigenvalue weighted by Gasteiger charge is 2.37. The van der Waals surface area contributed by atoms with E-state index in [1.54, 1.807) is 6.07 Å². The Kier molecular flexibility index (Phi) is 6.33. The Balaban J connectivity index is 1.61. The van der Waals surface area contributed by atoms with Crippen LogP contribution in [-0.2, 0) is 11.8 Å². The van der Waals surface area contributed by atoms with Crippen molar-refractivity contribution in [2.24, 2.45) is 0 Å². The molecule has 0 aliphatic carbocycles. The van der Waals surface area contributed by atoms with E-state index in [1.807, 2.05) is 36.1 Å². The third-order valence-corrected chi connectivity index (χ3v) is 5.38. The Morgan fingerprint density at radius 3 is 2.41 bits per heavy atom. The summed E-state index contributed by atoms with van der Waals surface area (Å²) in [7, 11) is 0. The van der Waals surface area contributed by atoms with E-state index >= 15 is 0 Å². The van der Waals surface area contributed by atoms with E-state index in [0.29, 0.717) is 37.7 Å². The maximum absolute atomic E-state index is 13.0. The predicted octanol–water partition coefficient (Wildman–Crippen LogP) is 4.78. The van der Waals surface area contributed by atoms with Gasteiger partial charge in [-0.1, -0.05) is 12.1 Å². The van der Waals surface area contributed by atoms with E-state index < -0.39 is 17.3 Å². The molecule has 0 saturated carbocycles. The van der Waals surface area contributed by atoms with Crippen LogP contribution in [0.2, 0.25) is 0 Å². The van der Waals surface area contributed by atoms with Gasteiger partial charge < -0.3 is 20.1 Å². The summed E-state index contributed by atoms with van der Waals surface area (Å²) < 4.78 is 44.3. The molecule has 0 atom stereocenters. The molecule has 0 bridgehead atoms. The molecule has 2 aromatic rings. The molecule has 3 rings (SSSR count). The van der Waals surface area contributed by atoms with Gasteiger partial charge in [-0.25, -0.2) is 0 Å². The summed E-state index contributed by atoms with van der Waals surface area (Å²) >= 11 is 5.45. The number of anilines is 1. The second kappa shape index (κ2) is 8.59. The molecule has 29 heavy (non-hydrogen) atoms. The molecule has 0 aromatic heterocycles. The minimum absolute atomic E-state index is 0.289. The van der Waals surface area contributed by atoms with Gasteiger partial charge >= 0.3 is 6.18 Å². The van der Waals surface area contributed by atoms with Gasteiger partial charge in [0.15, 0.2) is 5.11 Å². The fraction of sp³-hybridized carbons (Fsp3) is 0.381. The molecule has 2 N–H and O–H groups in total. The molecule has 1 aliphatic rings. The quantitative estimate of drug-likeness (QED) is 0.692. The molecule has 2 aromatic carbocycles. The minimum atomic E-state index is -4.43. The highest BCUT2D eigenvalue weighted by atomic mass is 32.1. The van der Waals surface area contributed by atoms with Crippen molar-refractivity contribution in [2.45, 2.75) is 31.5 Å². The van der Waals surface area contributed by atoms with Gasteiger partial charge in [0.05, 0.1) is 17.8 Å². The number of alkyl halides is 3. The van der Waals surface area contributed by atoms with Gasteiger partial charge in [0, 0.05) is 18.8 Å². The first-order chi connectivity index (χ1) is 13.7. The Hall–Kier alpha value is -2.32. The number of nitrogens with one attached hydrogen (secondary N) is 1. The largest absolute Gasteiger partial charge is 0.494 e. The zero-order valence-corrected chi connectivity index (χ0v) is 16.8. The molecule has 1 aliphatic heterocycles. The highest BCUT2D eigenvalue weighted by Crippen LogP contribution is 2.36. The smallest absolute Gasteiger partial charge is 0.416 e. The van der Waals surface area contributed by atoms with Crippen molar-refractivity contribution >= 4 is 23.0 Å². The van der Waals surface area contributed by atoms with Crippen LogP contribution in [0.25, 0.3) is 0 Å². The number of likely N-dealkylation sites (tertiary alicyclic amines) is 1. The van der Waals surface area contributed by atoms with Crippen LogP contribution in [0.5, 0.6) is 5.75 Å². The van der Waals surface area contributed by atoms with Gasteiger partial charge in [0.2, 0.25) is 0 Å². The van der Waals surface area contributed by atoms with Gasteiger partial charge in [-0.15, -0.1) is 0 Å². The SMILES string of the molecule is CCOc1ccc(NC(=S)N2CCC(O)(c3cccc(C(F)(F)F)c3)CC2)cc1. The van der Waals surface area contributed by atoms with E-state index in [9.17, 15) is 18.3 Å². The summed E-state index contributed by atoms with van der Waals surface area (Å²) in [5, 5.41) is 14.6. The molecule has 0 spiro atoms. The maximum atomic E-state index is 13.0. The first-order valence-corrected chi connectivity index (χ1v) is 9.81. The third kappa shape index (κ3) is 5.19. The minimum Gasteiger partial charge on any atom is -0.494 e. The van der Waals surface area contributed by atoms with Crippen molar-refractivity contribution in [1.82, 2.24) is 4.90 Å². The van der Waals surface area contributed by atoms with E-state index in [-0.39, 0.29) is 5.56 Å². The fourth-order valence-electron chi connectivity index (χ4n) is 3.36. The zero-order valence-electron chi connectivity index (χ0n) is 16.0. The number of rotatable bonds is 4. The van der Waals surface area contributed by atoms with Crippen molar-refractivity contribution in [2.75, 3.05) is 25.0 Å². The monoisotopic (exact) mass is 424 g/mol. The summed E-state index contributed by atoms with van der Waals surface area (Å²) in [5.74, 6) is 0.771. The number of hydrogen-bond donors (Lipinski definition) is 2. The van der Waals surface area contributed by atoms with E-state index in [2.05, 4.69) is 5.32 Å². The number of benzene rings is 2. The Labute approximate surface area is 173 Å². The number of hydrogen-bond acceptors (Lipinski definition) is 3. The Morgan fingerprint density at radius 1 is 1.17 bits per heavy atom. The van der Waals surface area contributed by atoms with Gasteiger partial charge in [-0.2, -0.15) is 13.2 Å². The first kappa shape index (κ1) is 21.4. The van der Waals surface area contributed by atoms with Crippen LogP contribution in [-0.4, -0.2) is 34.8 Å². The molecular weight excluding hydrogens is 401 g/mol. The Morgan fingerprint density at radius 2 is 1.83 bits per heavy atom. The van der Waals surface area contributed by atoms with Crippen LogP contribution in [0.15, 0.2) is 48.5 Å². The summed E-state index contributed by atoms with van der Waals surface area (Å²) in [5.41, 5.74) is -0.944. The lowest BCUT2D eigenvalue weighted by Crippen LogP contribution is -2.46. The summed E-state index contributed by atoms with van der Waals surface area (Å²) in [6.07, 6.45) is -3.85. The van der Waals surface area contributed by atoms with Crippen LogP contribution < -0.4 is 10.1 Å². The normalized spacial score (nSPS) is 16.4. The molecule has 1 heterocycles. The van der Waals surface area contributed by atoms with Crippen LogP contribution in [0.3, 0.4) is 0 Å². The predicted molar refractivity (Wildman–Crippen MR) is 110 cm³/mol. The van der Waals surface area contributed by atoms with Crippen molar-refractivity contribution in [3.05, 3.63) is 59.7 Å². The topological polar surface area (TPSA) is 44.7 Å². The molecule has 4 nitrogen and oxygen atoms in total. The summed E-state index contributed by atoms with van der Waals surface area (Å²) in [6, 6.07) is 12.3. The molecule has 0 amide bonds. The van der Waals surface area contributed by atoms with Crippen LogP contribution >= 0.6 is 12.2 Å². The van der Waals surface area contributed by atoms with E-state index in [1.165, 1.54) is 6.07 Å². The molecule has 156 valence electrons. The molecule has 1 fully saturated rings. The molecule has 8 heteroatoms.